The van der Waals surface area contributed by atoms with Crippen molar-refractivity contribution in [2.45, 2.75) is 32.1 Å². The number of hydrogen-bond acceptors (Lipinski definition) is 2. The Kier molecular flexibility index (Phi) is 4.13. The van der Waals surface area contributed by atoms with E-state index in [0.717, 1.165) is 31.6 Å². The predicted octanol–water partition coefficient (Wildman–Crippen LogP) is 3.41. The number of rotatable bonds is 2. The quantitative estimate of drug-likeness (QED) is 0.732. The van der Waals surface area contributed by atoms with E-state index in [4.69, 9.17) is 0 Å². The zero-order chi connectivity index (χ0) is 12.1. The normalized spacial score (nSPS) is 17.4. The molecule has 0 aliphatic carbocycles. The molecule has 17 heavy (non-hydrogen) atoms. The van der Waals surface area contributed by atoms with Crippen molar-refractivity contribution in [3.63, 3.8) is 0 Å². The van der Waals surface area contributed by atoms with Gasteiger partial charge in [0.05, 0.1) is 0 Å². The molecule has 1 fully saturated rings. The van der Waals surface area contributed by atoms with Crippen LogP contribution in [0.5, 0.6) is 0 Å². The average molecular weight is 235 g/mol. The van der Waals surface area contributed by atoms with Crippen LogP contribution in [0.1, 0.15) is 42.5 Å². The summed E-state index contributed by atoms with van der Waals surface area (Å²) in [6.45, 7) is 1.92. The first-order valence-corrected chi connectivity index (χ1v) is 6.30. The summed E-state index contributed by atoms with van der Waals surface area (Å²) < 4.78 is 13.4. The van der Waals surface area contributed by atoms with Gasteiger partial charge >= 0.3 is 0 Å². The van der Waals surface area contributed by atoms with E-state index in [-0.39, 0.29) is 5.82 Å². The summed E-state index contributed by atoms with van der Waals surface area (Å²) >= 11 is 0. The summed E-state index contributed by atoms with van der Waals surface area (Å²) in [5.41, 5.74) is 1.26. The van der Waals surface area contributed by atoms with Crippen LogP contribution in [0.2, 0.25) is 0 Å². The van der Waals surface area contributed by atoms with Crippen molar-refractivity contribution in [2.24, 2.45) is 0 Å². The molecule has 0 radical (unpaired) electrons. The van der Waals surface area contributed by atoms with Crippen molar-refractivity contribution in [3.8, 4) is 0 Å². The molecule has 1 aromatic rings. The van der Waals surface area contributed by atoms with Crippen LogP contribution in [0.3, 0.4) is 0 Å². The Labute approximate surface area is 101 Å². The molecule has 1 heterocycles. The van der Waals surface area contributed by atoms with Crippen LogP contribution in [-0.2, 0) is 0 Å². The second-order valence-electron chi connectivity index (χ2n) is 4.62. The molecule has 1 aliphatic rings. The molecule has 0 N–H and O–H groups in total. The van der Waals surface area contributed by atoms with Gasteiger partial charge in [0.25, 0.3) is 0 Å². The van der Waals surface area contributed by atoms with E-state index in [0.29, 0.717) is 11.8 Å². The third-order valence-corrected chi connectivity index (χ3v) is 3.26. The van der Waals surface area contributed by atoms with Gasteiger partial charge in [-0.1, -0.05) is 19.3 Å². The first kappa shape index (κ1) is 12.1. The van der Waals surface area contributed by atoms with Gasteiger partial charge in [-0.15, -0.1) is 0 Å². The van der Waals surface area contributed by atoms with E-state index in [2.05, 4.69) is 4.90 Å². The van der Waals surface area contributed by atoms with Gasteiger partial charge in [-0.2, -0.15) is 0 Å². The average Bonchev–Trinajstić information content (AvgIpc) is 2.27. The van der Waals surface area contributed by atoms with E-state index in [1.807, 2.05) is 0 Å². The summed E-state index contributed by atoms with van der Waals surface area (Å²) in [6.07, 6.45) is 6.78. The molecule has 0 bridgehead atoms. The number of aldehydes is 1. The lowest BCUT2D eigenvalue weighted by atomic mass is 10.1. The van der Waals surface area contributed by atoms with Crippen molar-refractivity contribution in [2.75, 3.05) is 18.0 Å². The van der Waals surface area contributed by atoms with Gasteiger partial charge in [-0.05, 0) is 31.0 Å². The van der Waals surface area contributed by atoms with E-state index >= 15 is 0 Å². The highest BCUT2D eigenvalue weighted by Crippen LogP contribution is 2.21. The van der Waals surface area contributed by atoms with E-state index in [1.54, 1.807) is 6.07 Å². The minimum absolute atomic E-state index is 0.327. The molecule has 2 nitrogen and oxygen atoms in total. The zero-order valence-electron chi connectivity index (χ0n) is 9.99. The Balaban J connectivity index is 2.18. The fraction of sp³-hybridized carbons (Fsp3) is 0.500. The van der Waals surface area contributed by atoms with Crippen LogP contribution in [-0.4, -0.2) is 19.4 Å². The van der Waals surface area contributed by atoms with Crippen molar-refractivity contribution in [1.29, 1.82) is 0 Å². The van der Waals surface area contributed by atoms with E-state index < -0.39 is 0 Å². The van der Waals surface area contributed by atoms with Gasteiger partial charge in [-0.3, -0.25) is 4.79 Å². The first-order chi connectivity index (χ1) is 8.29. The number of halogens is 1. The molecule has 3 heteroatoms. The monoisotopic (exact) mass is 235 g/mol. The summed E-state index contributed by atoms with van der Waals surface area (Å²) in [6, 6.07) is 4.58. The maximum absolute atomic E-state index is 13.4. The summed E-state index contributed by atoms with van der Waals surface area (Å²) in [5, 5.41) is 0. The predicted molar refractivity (Wildman–Crippen MR) is 67.1 cm³/mol. The second kappa shape index (κ2) is 5.80. The SMILES string of the molecule is O=Cc1cc(F)cc(N2CCCCCCC2)c1. The lowest BCUT2D eigenvalue weighted by Crippen LogP contribution is -2.27. The number of carbonyl (C=O) groups excluding carboxylic acids is 1. The highest BCUT2D eigenvalue weighted by atomic mass is 19.1. The molecule has 0 atom stereocenters. The molecule has 1 saturated heterocycles. The molecule has 0 aromatic heterocycles. The smallest absolute Gasteiger partial charge is 0.150 e. The summed E-state index contributed by atoms with van der Waals surface area (Å²) in [4.78, 5) is 12.9. The fourth-order valence-corrected chi connectivity index (χ4v) is 2.35. The minimum Gasteiger partial charge on any atom is -0.371 e. The Morgan fingerprint density at radius 1 is 1.00 bits per heavy atom. The van der Waals surface area contributed by atoms with Crippen molar-refractivity contribution < 1.29 is 9.18 Å². The Morgan fingerprint density at radius 2 is 1.65 bits per heavy atom. The molecule has 0 spiro atoms. The molecule has 92 valence electrons. The second-order valence-corrected chi connectivity index (χ2v) is 4.62. The van der Waals surface area contributed by atoms with Crippen LogP contribution in [0.15, 0.2) is 18.2 Å². The molecule has 1 aliphatic heterocycles. The zero-order valence-corrected chi connectivity index (χ0v) is 9.99. The van der Waals surface area contributed by atoms with Crippen molar-refractivity contribution in [1.82, 2.24) is 0 Å². The number of anilines is 1. The first-order valence-electron chi connectivity index (χ1n) is 6.30. The van der Waals surface area contributed by atoms with Crippen LogP contribution >= 0.6 is 0 Å². The van der Waals surface area contributed by atoms with E-state index in [1.165, 1.54) is 31.4 Å². The standard InChI is InChI=1S/C14H18FNO/c15-13-8-12(11-17)9-14(10-13)16-6-4-2-1-3-5-7-16/h8-11H,1-7H2. The highest BCUT2D eigenvalue weighted by Gasteiger charge is 2.10. The maximum atomic E-state index is 13.4. The molecule has 0 unspecified atom stereocenters. The minimum atomic E-state index is -0.327. The Morgan fingerprint density at radius 3 is 2.29 bits per heavy atom. The summed E-state index contributed by atoms with van der Waals surface area (Å²) in [5.74, 6) is -0.327. The summed E-state index contributed by atoms with van der Waals surface area (Å²) in [7, 11) is 0. The van der Waals surface area contributed by atoms with E-state index in [9.17, 15) is 9.18 Å². The molecule has 2 rings (SSSR count). The van der Waals surface area contributed by atoms with Crippen molar-refractivity contribution >= 4 is 12.0 Å². The van der Waals surface area contributed by atoms with Gasteiger partial charge in [0.15, 0.2) is 0 Å². The van der Waals surface area contributed by atoms with Crippen LogP contribution < -0.4 is 4.90 Å². The third-order valence-electron chi connectivity index (χ3n) is 3.26. The lowest BCUT2D eigenvalue weighted by Gasteiger charge is -2.27. The Bertz CT molecular complexity index is 384. The van der Waals surface area contributed by atoms with Gasteiger partial charge in [0.2, 0.25) is 0 Å². The largest absolute Gasteiger partial charge is 0.371 e. The molecule has 1 aromatic carbocycles. The molecular formula is C14H18FNO. The molecule has 0 amide bonds. The fourth-order valence-electron chi connectivity index (χ4n) is 2.35. The Hall–Kier alpha value is -1.38. The van der Waals surface area contributed by atoms with Gasteiger partial charge in [-0.25, -0.2) is 4.39 Å². The van der Waals surface area contributed by atoms with Crippen LogP contribution in [0, 0.1) is 5.82 Å². The highest BCUT2D eigenvalue weighted by molar-refractivity contribution is 5.77. The number of benzene rings is 1. The van der Waals surface area contributed by atoms with Crippen molar-refractivity contribution in [3.05, 3.63) is 29.6 Å². The van der Waals surface area contributed by atoms with Gasteiger partial charge in [0.1, 0.15) is 12.1 Å². The number of nitrogens with zero attached hydrogens (tertiary/aromatic N) is 1. The van der Waals surface area contributed by atoms with Gasteiger partial charge < -0.3 is 4.90 Å². The third kappa shape index (κ3) is 3.29. The van der Waals surface area contributed by atoms with Crippen LogP contribution in [0.25, 0.3) is 0 Å². The molecular weight excluding hydrogens is 217 g/mol. The topological polar surface area (TPSA) is 20.3 Å². The maximum Gasteiger partial charge on any atom is 0.150 e. The van der Waals surface area contributed by atoms with Crippen LogP contribution in [0.4, 0.5) is 10.1 Å². The lowest BCUT2D eigenvalue weighted by molar-refractivity contribution is 0.112. The number of carbonyl (C=O) groups is 1. The molecule has 0 saturated carbocycles. The van der Waals surface area contributed by atoms with Gasteiger partial charge in [0, 0.05) is 24.3 Å². The number of hydrogen-bond donors (Lipinski definition) is 0.